The first kappa shape index (κ1) is 16.0. The summed E-state index contributed by atoms with van der Waals surface area (Å²) in [5, 5.41) is 1.48. The minimum absolute atomic E-state index is 0.221. The molecule has 0 aliphatic carbocycles. The summed E-state index contributed by atoms with van der Waals surface area (Å²) < 4.78 is 14.0. The van der Waals surface area contributed by atoms with Crippen molar-refractivity contribution in [3.8, 4) is 11.1 Å². The SMILES string of the molecule is Nc1cc(-c2ccc(F)c3ccccc23)ccc1C=Cc1ccncn1. The van der Waals surface area contributed by atoms with E-state index in [0.29, 0.717) is 11.1 Å². The summed E-state index contributed by atoms with van der Waals surface area (Å²) in [6.07, 6.45) is 7.01. The fraction of sp³-hybridized carbons (Fsp3) is 0. The lowest BCUT2D eigenvalue weighted by Crippen LogP contribution is -1.91. The number of nitrogens with zero attached hydrogens (tertiary/aromatic N) is 2. The lowest BCUT2D eigenvalue weighted by atomic mass is 9.96. The van der Waals surface area contributed by atoms with Crippen molar-refractivity contribution in [2.24, 2.45) is 0 Å². The molecular formula is C22H16FN3. The third kappa shape index (κ3) is 3.05. The predicted molar refractivity (Wildman–Crippen MR) is 105 cm³/mol. The van der Waals surface area contributed by atoms with Crippen LogP contribution in [0.4, 0.5) is 10.1 Å². The van der Waals surface area contributed by atoms with Gasteiger partial charge in [0.25, 0.3) is 0 Å². The van der Waals surface area contributed by atoms with E-state index in [2.05, 4.69) is 9.97 Å². The van der Waals surface area contributed by atoms with Gasteiger partial charge in [0.15, 0.2) is 0 Å². The van der Waals surface area contributed by atoms with E-state index in [1.165, 1.54) is 12.4 Å². The summed E-state index contributed by atoms with van der Waals surface area (Å²) in [5.74, 6) is -0.221. The van der Waals surface area contributed by atoms with E-state index in [1.54, 1.807) is 18.3 Å². The van der Waals surface area contributed by atoms with Crippen LogP contribution in [0.15, 0.2) is 73.2 Å². The quantitative estimate of drug-likeness (QED) is 0.522. The molecule has 0 saturated carbocycles. The van der Waals surface area contributed by atoms with Gasteiger partial charge in [-0.05, 0) is 46.4 Å². The third-order valence-corrected chi connectivity index (χ3v) is 4.31. The fourth-order valence-electron chi connectivity index (χ4n) is 2.98. The van der Waals surface area contributed by atoms with Crippen LogP contribution >= 0.6 is 0 Å². The molecule has 0 saturated heterocycles. The van der Waals surface area contributed by atoms with Crippen molar-refractivity contribution in [3.63, 3.8) is 0 Å². The van der Waals surface area contributed by atoms with Crippen LogP contribution in [0, 0.1) is 5.82 Å². The van der Waals surface area contributed by atoms with Crippen LogP contribution < -0.4 is 5.73 Å². The summed E-state index contributed by atoms with van der Waals surface area (Å²) in [7, 11) is 0. The zero-order valence-electron chi connectivity index (χ0n) is 13.9. The van der Waals surface area contributed by atoms with Gasteiger partial charge in [0, 0.05) is 17.3 Å². The Morgan fingerprint density at radius 2 is 1.73 bits per heavy atom. The van der Waals surface area contributed by atoms with E-state index in [1.807, 2.05) is 54.6 Å². The molecule has 0 radical (unpaired) electrons. The summed E-state index contributed by atoms with van der Waals surface area (Å²) >= 11 is 0. The highest BCUT2D eigenvalue weighted by atomic mass is 19.1. The number of hydrogen-bond acceptors (Lipinski definition) is 3. The van der Waals surface area contributed by atoms with Crippen LogP contribution in [0.2, 0.25) is 0 Å². The minimum Gasteiger partial charge on any atom is -0.398 e. The highest BCUT2D eigenvalue weighted by Gasteiger charge is 2.08. The Kier molecular flexibility index (Phi) is 4.15. The zero-order chi connectivity index (χ0) is 17.9. The van der Waals surface area contributed by atoms with Gasteiger partial charge in [-0.3, -0.25) is 0 Å². The molecule has 1 heterocycles. The molecule has 126 valence electrons. The molecule has 3 nitrogen and oxygen atoms in total. The molecule has 26 heavy (non-hydrogen) atoms. The van der Waals surface area contributed by atoms with Crippen molar-refractivity contribution in [1.29, 1.82) is 0 Å². The monoisotopic (exact) mass is 341 g/mol. The van der Waals surface area contributed by atoms with Crippen molar-refractivity contribution >= 4 is 28.6 Å². The van der Waals surface area contributed by atoms with Crippen LogP contribution in [0.25, 0.3) is 34.1 Å². The maximum atomic E-state index is 14.0. The van der Waals surface area contributed by atoms with Crippen LogP contribution in [0.1, 0.15) is 11.3 Å². The molecule has 0 atom stereocenters. The molecule has 0 fully saturated rings. The molecule has 4 aromatic rings. The predicted octanol–water partition coefficient (Wildman–Crippen LogP) is 5.19. The number of benzene rings is 3. The van der Waals surface area contributed by atoms with Crippen molar-refractivity contribution in [1.82, 2.24) is 9.97 Å². The van der Waals surface area contributed by atoms with Crippen LogP contribution in [0.3, 0.4) is 0 Å². The Morgan fingerprint density at radius 1 is 0.885 bits per heavy atom. The van der Waals surface area contributed by atoms with Gasteiger partial charge in [-0.25, -0.2) is 14.4 Å². The largest absolute Gasteiger partial charge is 0.398 e. The average Bonchev–Trinajstić information content (AvgIpc) is 2.68. The first-order valence-corrected chi connectivity index (χ1v) is 8.23. The van der Waals surface area contributed by atoms with Gasteiger partial charge in [0.1, 0.15) is 12.1 Å². The lowest BCUT2D eigenvalue weighted by molar-refractivity contribution is 0.640. The number of nitrogen functional groups attached to an aromatic ring is 1. The Balaban J connectivity index is 1.73. The molecular weight excluding hydrogens is 325 g/mol. The molecule has 0 aliphatic rings. The molecule has 0 amide bonds. The average molecular weight is 341 g/mol. The first-order chi connectivity index (χ1) is 12.7. The van der Waals surface area contributed by atoms with Crippen molar-refractivity contribution in [2.75, 3.05) is 5.73 Å². The molecule has 1 aromatic heterocycles. The Morgan fingerprint density at radius 3 is 2.50 bits per heavy atom. The smallest absolute Gasteiger partial charge is 0.131 e. The number of aromatic nitrogens is 2. The van der Waals surface area contributed by atoms with Gasteiger partial charge >= 0.3 is 0 Å². The highest BCUT2D eigenvalue weighted by Crippen LogP contribution is 2.32. The van der Waals surface area contributed by atoms with Gasteiger partial charge in [0.05, 0.1) is 5.69 Å². The minimum atomic E-state index is -0.221. The molecule has 4 heteroatoms. The summed E-state index contributed by atoms with van der Waals surface area (Å²) in [4.78, 5) is 8.05. The zero-order valence-corrected chi connectivity index (χ0v) is 13.9. The number of rotatable bonds is 3. The third-order valence-electron chi connectivity index (χ3n) is 4.31. The van der Waals surface area contributed by atoms with Crippen LogP contribution in [-0.4, -0.2) is 9.97 Å². The fourth-order valence-corrected chi connectivity index (χ4v) is 2.98. The number of fused-ring (bicyclic) bond motifs is 1. The summed E-state index contributed by atoms with van der Waals surface area (Å²) in [6.45, 7) is 0. The summed E-state index contributed by atoms with van der Waals surface area (Å²) in [6, 6.07) is 18.4. The maximum Gasteiger partial charge on any atom is 0.131 e. The van der Waals surface area contributed by atoms with E-state index in [-0.39, 0.29) is 5.82 Å². The Bertz CT molecular complexity index is 1100. The first-order valence-electron chi connectivity index (χ1n) is 8.23. The van der Waals surface area contributed by atoms with E-state index in [4.69, 9.17) is 5.73 Å². The normalized spacial score (nSPS) is 11.3. The van der Waals surface area contributed by atoms with E-state index in [9.17, 15) is 4.39 Å². The lowest BCUT2D eigenvalue weighted by Gasteiger charge is -2.10. The highest BCUT2D eigenvalue weighted by molar-refractivity contribution is 5.97. The van der Waals surface area contributed by atoms with Crippen molar-refractivity contribution in [3.05, 3.63) is 90.3 Å². The molecule has 4 rings (SSSR count). The molecule has 0 aliphatic heterocycles. The topological polar surface area (TPSA) is 51.8 Å². The number of anilines is 1. The number of halogens is 1. The van der Waals surface area contributed by atoms with Gasteiger partial charge in [0.2, 0.25) is 0 Å². The molecule has 0 spiro atoms. The van der Waals surface area contributed by atoms with Gasteiger partial charge in [-0.1, -0.05) is 48.5 Å². The van der Waals surface area contributed by atoms with Gasteiger partial charge in [-0.2, -0.15) is 0 Å². The van der Waals surface area contributed by atoms with Crippen LogP contribution in [-0.2, 0) is 0 Å². The van der Waals surface area contributed by atoms with Gasteiger partial charge in [-0.15, -0.1) is 0 Å². The second kappa shape index (κ2) is 6.76. The van der Waals surface area contributed by atoms with E-state index < -0.39 is 0 Å². The molecule has 3 aromatic carbocycles. The Hall–Kier alpha value is -3.53. The van der Waals surface area contributed by atoms with E-state index >= 15 is 0 Å². The van der Waals surface area contributed by atoms with Gasteiger partial charge < -0.3 is 5.73 Å². The number of hydrogen-bond donors (Lipinski definition) is 1. The molecule has 0 unspecified atom stereocenters. The van der Waals surface area contributed by atoms with Crippen molar-refractivity contribution < 1.29 is 4.39 Å². The molecule has 0 bridgehead atoms. The standard InChI is InChI=1S/C22H16FN3/c23-21-10-9-18(19-3-1-2-4-20(19)21)16-6-5-15(22(24)13-16)7-8-17-11-12-25-14-26-17/h1-14H,24H2. The second-order valence-corrected chi connectivity index (χ2v) is 5.95. The van der Waals surface area contributed by atoms with E-state index in [0.717, 1.165) is 27.8 Å². The van der Waals surface area contributed by atoms with Crippen LogP contribution in [0.5, 0.6) is 0 Å². The maximum absolute atomic E-state index is 14.0. The molecule has 2 N–H and O–H groups in total. The van der Waals surface area contributed by atoms with Crippen molar-refractivity contribution in [2.45, 2.75) is 0 Å². The second-order valence-electron chi connectivity index (χ2n) is 5.95. The Labute approximate surface area is 150 Å². The summed E-state index contributed by atoms with van der Waals surface area (Å²) in [5.41, 5.74) is 10.5. The number of nitrogens with two attached hydrogens (primary N) is 1.